The maximum Gasteiger partial charge on any atom is 0.135 e. The van der Waals surface area contributed by atoms with Crippen LogP contribution in [0.5, 0.6) is 11.5 Å². The maximum atomic E-state index is 6.82. The summed E-state index contributed by atoms with van der Waals surface area (Å²) in [6.07, 6.45) is 1.90. The number of anilines is 4. The van der Waals surface area contributed by atoms with Gasteiger partial charge in [-0.25, -0.2) is 4.98 Å². The van der Waals surface area contributed by atoms with Crippen LogP contribution in [0.2, 0.25) is 0 Å². The summed E-state index contributed by atoms with van der Waals surface area (Å²) in [5.74, 6) is 2.07. The molecule has 0 unspecified atom stereocenters. The molecule has 6 aromatic carbocycles. The zero-order chi connectivity index (χ0) is 37.1. The van der Waals surface area contributed by atoms with Crippen LogP contribution in [0.3, 0.4) is 0 Å². The van der Waals surface area contributed by atoms with Gasteiger partial charge in [0.15, 0.2) is 0 Å². The van der Waals surface area contributed by atoms with Crippen molar-refractivity contribution in [1.29, 1.82) is 0 Å². The van der Waals surface area contributed by atoms with Gasteiger partial charge in [0.2, 0.25) is 0 Å². The van der Waals surface area contributed by atoms with Gasteiger partial charge in [-0.2, -0.15) is 6.07 Å². The van der Waals surface area contributed by atoms with Crippen LogP contribution in [-0.2, 0) is 26.5 Å². The van der Waals surface area contributed by atoms with Crippen LogP contribution >= 0.6 is 0 Å². The number of hydrogen-bond donors (Lipinski definition) is 0. The summed E-state index contributed by atoms with van der Waals surface area (Å²) in [6, 6.07) is 52.0. The van der Waals surface area contributed by atoms with Crippen LogP contribution in [0.1, 0.15) is 43.0 Å². The first-order chi connectivity index (χ1) is 26.1. The van der Waals surface area contributed by atoms with Crippen molar-refractivity contribution in [3.8, 4) is 28.4 Å². The summed E-state index contributed by atoms with van der Waals surface area (Å²) in [5.41, 5.74) is 13.3. The van der Waals surface area contributed by atoms with Crippen molar-refractivity contribution in [3.63, 3.8) is 0 Å². The van der Waals surface area contributed by atoms with Crippen molar-refractivity contribution >= 4 is 44.6 Å². The Morgan fingerprint density at radius 2 is 1.35 bits per heavy atom. The average molecular weight is 897 g/mol. The molecule has 2 aromatic heterocycles. The van der Waals surface area contributed by atoms with Crippen molar-refractivity contribution in [2.24, 2.45) is 0 Å². The Kier molecular flexibility index (Phi) is 9.39. The second-order valence-corrected chi connectivity index (χ2v) is 15.3. The molecule has 1 aliphatic rings. The van der Waals surface area contributed by atoms with Crippen LogP contribution in [0.25, 0.3) is 38.8 Å². The molecule has 0 N–H and O–H groups in total. The zero-order valence-corrected chi connectivity index (χ0v) is 34.1. The second-order valence-electron chi connectivity index (χ2n) is 15.3. The fourth-order valence-electron chi connectivity index (χ4n) is 7.89. The third kappa shape index (κ3) is 6.61. The first kappa shape index (κ1) is 36.3. The molecule has 5 nitrogen and oxygen atoms in total. The van der Waals surface area contributed by atoms with Gasteiger partial charge in [-0.15, -0.1) is 53.6 Å². The first-order valence-corrected chi connectivity index (χ1v) is 18.5. The molecule has 6 heteroatoms. The van der Waals surface area contributed by atoms with Crippen LogP contribution in [0, 0.1) is 39.6 Å². The minimum absolute atomic E-state index is 0. The first-order valence-electron chi connectivity index (χ1n) is 18.5. The molecule has 1 aliphatic heterocycles. The van der Waals surface area contributed by atoms with E-state index in [0.717, 1.165) is 55.9 Å². The number of benzene rings is 6. The van der Waals surface area contributed by atoms with Gasteiger partial charge < -0.3 is 19.1 Å². The van der Waals surface area contributed by atoms with Gasteiger partial charge in [-0.3, -0.25) is 0 Å². The molecule has 0 spiro atoms. The molecule has 0 amide bonds. The van der Waals surface area contributed by atoms with Gasteiger partial charge in [-0.1, -0.05) is 92.5 Å². The molecule has 0 saturated carbocycles. The van der Waals surface area contributed by atoms with E-state index >= 15 is 0 Å². The molecule has 0 fully saturated rings. The van der Waals surface area contributed by atoms with E-state index in [-0.39, 0.29) is 26.5 Å². The van der Waals surface area contributed by atoms with E-state index < -0.39 is 0 Å². The zero-order valence-electron chi connectivity index (χ0n) is 31.8. The quantitative estimate of drug-likeness (QED) is 0.156. The number of aromatic nitrogens is 2. The molecule has 0 saturated heterocycles. The third-order valence-corrected chi connectivity index (χ3v) is 10.3. The van der Waals surface area contributed by atoms with Crippen LogP contribution in [0.4, 0.5) is 22.7 Å². The summed E-state index contributed by atoms with van der Waals surface area (Å²) in [7, 11) is 0. The largest absolute Gasteiger partial charge is 0.509 e. The van der Waals surface area contributed by atoms with Gasteiger partial charge in [-0.05, 0) is 96.3 Å². The molecule has 8 aromatic rings. The van der Waals surface area contributed by atoms with Crippen LogP contribution in [-0.4, -0.2) is 9.55 Å². The predicted molar refractivity (Wildman–Crippen MR) is 223 cm³/mol. The minimum atomic E-state index is -0.0213. The molecule has 276 valence electrons. The SMILES string of the molecule is Cc1cc(C)c(-c2cc(Oc3[c-]c4c(cc3)c3ccccc3n4-c3cc(C(C)(C)C)ccn3)[c-]c(N3[CH-]N(c4ccccc4)c4ccccc43)c2)c(C)c1.[Pt]. The van der Waals surface area contributed by atoms with Crippen molar-refractivity contribution in [2.75, 3.05) is 9.80 Å². The van der Waals surface area contributed by atoms with Crippen molar-refractivity contribution in [2.45, 2.75) is 47.0 Å². The summed E-state index contributed by atoms with van der Waals surface area (Å²) in [5, 5.41) is 2.24. The van der Waals surface area contributed by atoms with Crippen molar-refractivity contribution < 1.29 is 25.8 Å². The van der Waals surface area contributed by atoms with E-state index in [1.54, 1.807) is 0 Å². The predicted octanol–water partition coefficient (Wildman–Crippen LogP) is 12.9. The number of pyridine rings is 1. The number of rotatable bonds is 6. The van der Waals surface area contributed by atoms with E-state index in [2.05, 4.69) is 190 Å². The Bertz CT molecular complexity index is 2690. The number of aryl methyl sites for hydroxylation is 3. The monoisotopic (exact) mass is 896 g/mol. The molecule has 0 aliphatic carbocycles. The minimum Gasteiger partial charge on any atom is -0.509 e. The molecule has 3 heterocycles. The Hall–Kier alpha value is -5.64. The van der Waals surface area contributed by atoms with Gasteiger partial charge in [0.25, 0.3) is 0 Å². The standard InChI is InChI=1S/C49H41N4O.Pt/c1-32-24-33(2)48(34(3)25-32)35-26-38(52-31-51(37-14-8-7-9-15-37)44-18-12-13-19-45(44)52)29-40(27-35)54-39-20-21-42-41-16-10-11-17-43(41)53(46(42)30-39)47-28-36(22-23-50-47)49(4,5)6;/h7-28,31H,1-6H3;/q-3;. The molecule has 9 rings (SSSR count). The summed E-state index contributed by atoms with van der Waals surface area (Å²) >= 11 is 0. The summed E-state index contributed by atoms with van der Waals surface area (Å²) in [4.78, 5) is 9.29. The Morgan fingerprint density at radius 3 is 2.09 bits per heavy atom. The molecule has 0 radical (unpaired) electrons. The van der Waals surface area contributed by atoms with Gasteiger partial charge in [0.1, 0.15) is 5.82 Å². The number of nitrogens with zero attached hydrogens (tertiary/aromatic N) is 4. The fraction of sp³-hybridized carbons (Fsp3) is 0.143. The van der Waals surface area contributed by atoms with Crippen LogP contribution < -0.4 is 14.5 Å². The van der Waals surface area contributed by atoms with Gasteiger partial charge >= 0.3 is 0 Å². The summed E-state index contributed by atoms with van der Waals surface area (Å²) in [6.45, 7) is 15.3. The number of hydrogen-bond acceptors (Lipinski definition) is 4. The normalized spacial score (nSPS) is 12.6. The van der Waals surface area contributed by atoms with Crippen molar-refractivity contribution in [1.82, 2.24) is 9.55 Å². The Morgan fingerprint density at radius 1 is 0.655 bits per heavy atom. The number of ether oxygens (including phenoxy) is 1. The molecule has 55 heavy (non-hydrogen) atoms. The molecular weight excluding hydrogens is 856 g/mol. The Labute approximate surface area is 338 Å². The Balaban J connectivity index is 0.00000427. The van der Waals surface area contributed by atoms with E-state index in [1.807, 2.05) is 18.3 Å². The van der Waals surface area contributed by atoms with Crippen LogP contribution in [0.15, 0.2) is 134 Å². The third-order valence-electron chi connectivity index (χ3n) is 10.3. The number of fused-ring (bicyclic) bond motifs is 4. The summed E-state index contributed by atoms with van der Waals surface area (Å²) < 4.78 is 9.02. The van der Waals surface area contributed by atoms with E-state index in [0.29, 0.717) is 11.5 Å². The molecule has 0 atom stereocenters. The van der Waals surface area contributed by atoms with E-state index in [9.17, 15) is 0 Å². The average Bonchev–Trinajstić information content (AvgIpc) is 3.71. The number of para-hydroxylation sites is 4. The smallest absolute Gasteiger partial charge is 0.135 e. The van der Waals surface area contributed by atoms with Gasteiger partial charge in [0, 0.05) is 61.3 Å². The maximum absolute atomic E-state index is 6.82. The van der Waals surface area contributed by atoms with Crippen molar-refractivity contribution in [3.05, 3.63) is 175 Å². The van der Waals surface area contributed by atoms with E-state index in [4.69, 9.17) is 9.72 Å². The fourth-order valence-corrected chi connectivity index (χ4v) is 7.89. The molecular formula is C49H41N4OPt-3. The van der Waals surface area contributed by atoms with E-state index in [1.165, 1.54) is 27.8 Å². The second kappa shape index (κ2) is 14.2. The molecule has 0 bridgehead atoms. The topological polar surface area (TPSA) is 33.5 Å². The van der Waals surface area contributed by atoms with Gasteiger partial charge in [0.05, 0.1) is 0 Å².